The number of nitrogens with one attached hydrogen (secondary N) is 1. The molecule has 1 aliphatic rings. The Balaban J connectivity index is 2.05. The van der Waals surface area contributed by atoms with Crippen LogP contribution in [0, 0.1) is 0 Å². The van der Waals surface area contributed by atoms with Crippen LogP contribution in [0.1, 0.15) is 36.7 Å². The van der Waals surface area contributed by atoms with Crippen LogP contribution < -0.4 is 11.1 Å². The second kappa shape index (κ2) is 5.91. The van der Waals surface area contributed by atoms with Crippen LogP contribution in [0.15, 0.2) is 17.1 Å². The van der Waals surface area contributed by atoms with E-state index in [1.54, 1.807) is 0 Å². The summed E-state index contributed by atoms with van der Waals surface area (Å²) in [6.45, 7) is 7.03. The van der Waals surface area contributed by atoms with E-state index >= 15 is 0 Å². The number of aliphatic imine (C=N–C) groups is 1. The molecule has 0 aliphatic heterocycles. The maximum absolute atomic E-state index is 5.83. The van der Waals surface area contributed by atoms with Crippen molar-refractivity contribution in [2.45, 2.75) is 39.2 Å². The van der Waals surface area contributed by atoms with Crippen molar-refractivity contribution in [3.63, 3.8) is 0 Å². The molecule has 1 aromatic rings. The van der Waals surface area contributed by atoms with Gasteiger partial charge < -0.3 is 11.1 Å². The Hall–Kier alpha value is -1.78. The van der Waals surface area contributed by atoms with Crippen molar-refractivity contribution < 1.29 is 0 Å². The first kappa shape index (κ1) is 13.6. The molecule has 0 spiro atoms. The maximum Gasteiger partial charge on any atom is 0.189 e. The topological polar surface area (TPSA) is 68.2 Å². The Labute approximate surface area is 114 Å². The van der Waals surface area contributed by atoms with Gasteiger partial charge in [0, 0.05) is 13.6 Å². The third-order valence-electron chi connectivity index (χ3n) is 3.42. The van der Waals surface area contributed by atoms with Crippen molar-refractivity contribution in [3.05, 3.63) is 29.1 Å². The molecule has 1 aliphatic carbocycles. The monoisotopic (exact) mass is 261 g/mol. The first-order valence-electron chi connectivity index (χ1n) is 6.79. The lowest BCUT2D eigenvalue weighted by atomic mass is 9.96. The predicted molar refractivity (Wildman–Crippen MR) is 78.0 cm³/mol. The lowest BCUT2D eigenvalue weighted by molar-refractivity contribution is 0.663. The minimum atomic E-state index is 0.466. The van der Waals surface area contributed by atoms with Crippen LogP contribution in [0.3, 0.4) is 0 Å². The van der Waals surface area contributed by atoms with Crippen LogP contribution in [0.25, 0.3) is 0 Å². The van der Waals surface area contributed by atoms with Crippen molar-refractivity contribution >= 4 is 5.96 Å². The Bertz CT molecular complexity index is 498. The third-order valence-corrected chi connectivity index (χ3v) is 3.42. The average Bonchev–Trinajstić information content (AvgIpc) is 2.69. The van der Waals surface area contributed by atoms with E-state index in [1.807, 2.05) is 18.7 Å². The Morgan fingerprint density at radius 2 is 2.21 bits per heavy atom. The minimum absolute atomic E-state index is 0.466. The van der Waals surface area contributed by atoms with Crippen molar-refractivity contribution in [3.8, 4) is 0 Å². The molecule has 3 N–H and O–H groups in total. The maximum atomic E-state index is 5.83. The van der Waals surface area contributed by atoms with E-state index in [2.05, 4.69) is 22.0 Å². The summed E-state index contributed by atoms with van der Waals surface area (Å²) in [7, 11) is 1.99. The molecule has 0 amide bonds. The second-order valence-corrected chi connectivity index (χ2v) is 5.21. The van der Waals surface area contributed by atoms with Crippen LogP contribution in [-0.2, 0) is 26.4 Å². The van der Waals surface area contributed by atoms with Gasteiger partial charge in [-0.3, -0.25) is 4.68 Å². The lowest BCUT2D eigenvalue weighted by Crippen LogP contribution is -2.32. The van der Waals surface area contributed by atoms with Gasteiger partial charge in [-0.2, -0.15) is 5.10 Å². The van der Waals surface area contributed by atoms with Crippen LogP contribution in [-0.4, -0.2) is 22.3 Å². The Kier molecular flexibility index (Phi) is 4.24. The zero-order valence-corrected chi connectivity index (χ0v) is 11.9. The molecule has 1 heterocycles. The standard InChI is InChI=1S/C14H23N5/c1-10(2)8-16-14(15)17-9-13-11-6-4-5-7-12(11)18-19(13)3/h1,4-9H2,2-3H3,(H3,15,16,17). The van der Waals surface area contributed by atoms with Gasteiger partial charge in [0.05, 0.1) is 17.9 Å². The number of nitrogens with zero attached hydrogens (tertiary/aromatic N) is 3. The lowest BCUT2D eigenvalue weighted by Gasteiger charge is -2.10. The number of fused-ring (bicyclic) bond motifs is 1. The normalized spacial score (nSPS) is 15.2. The summed E-state index contributed by atoms with van der Waals surface area (Å²) in [6, 6.07) is 0. The number of hydrogen-bond acceptors (Lipinski definition) is 2. The van der Waals surface area contributed by atoms with Crippen LogP contribution in [0.5, 0.6) is 0 Å². The van der Waals surface area contributed by atoms with E-state index < -0.39 is 0 Å². The summed E-state index contributed by atoms with van der Waals surface area (Å²) in [5.41, 5.74) is 10.7. The average molecular weight is 261 g/mol. The van der Waals surface area contributed by atoms with Gasteiger partial charge in [-0.25, -0.2) is 4.99 Å². The van der Waals surface area contributed by atoms with E-state index in [0.29, 0.717) is 19.0 Å². The van der Waals surface area contributed by atoms with Gasteiger partial charge in [0.25, 0.3) is 0 Å². The highest BCUT2D eigenvalue weighted by atomic mass is 15.3. The number of hydrogen-bond donors (Lipinski definition) is 2. The molecule has 0 saturated heterocycles. The summed E-state index contributed by atoms with van der Waals surface area (Å²) >= 11 is 0. The zero-order valence-electron chi connectivity index (χ0n) is 11.9. The fraction of sp³-hybridized carbons (Fsp3) is 0.571. The zero-order chi connectivity index (χ0) is 13.8. The summed E-state index contributed by atoms with van der Waals surface area (Å²) in [5.74, 6) is 0.466. The van der Waals surface area contributed by atoms with Crippen molar-refractivity contribution in [2.24, 2.45) is 17.8 Å². The number of guanidine groups is 1. The van der Waals surface area contributed by atoms with Crippen LogP contribution in [0.4, 0.5) is 0 Å². The molecule has 0 aromatic carbocycles. The second-order valence-electron chi connectivity index (χ2n) is 5.21. The summed E-state index contributed by atoms with van der Waals surface area (Å²) in [4.78, 5) is 4.39. The smallest absolute Gasteiger partial charge is 0.189 e. The van der Waals surface area contributed by atoms with Gasteiger partial charge in [-0.1, -0.05) is 12.2 Å². The Morgan fingerprint density at radius 1 is 1.47 bits per heavy atom. The molecular weight excluding hydrogens is 238 g/mol. The predicted octanol–water partition coefficient (Wildman–Crippen LogP) is 1.28. The molecule has 19 heavy (non-hydrogen) atoms. The number of aryl methyl sites for hydroxylation is 2. The minimum Gasteiger partial charge on any atom is -0.370 e. The fourth-order valence-electron chi connectivity index (χ4n) is 2.40. The molecule has 5 heteroatoms. The van der Waals surface area contributed by atoms with Crippen molar-refractivity contribution in [1.29, 1.82) is 0 Å². The molecule has 2 rings (SSSR count). The molecule has 0 saturated carbocycles. The Morgan fingerprint density at radius 3 is 2.95 bits per heavy atom. The van der Waals surface area contributed by atoms with Gasteiger partial charge in [0.15, 0.2) is 5.96 Å². The molecule has 1 aromatic heterocycles. The van der Waals surface area contributed by atoms with Crippen LogP contribution in [0.2, 0.25) is 0 Å². The van der Waals surface area contributed by atoms with Gasteiger partial charge in [-0.15, -0.1) is 0 Å². The van der Waals surface area contributed by atoms with Gasteiger partial charge >= 0.3 is 0 Å². The quantitative estimate of drug-likeness (QED) is 0.487. The summed E-state index contributed by atoms with van der Waals surface area (Å²) in [6.07, 6.45) is 4.71. The molecular formula is C14H23N5. The van der Waals surface area contributed by atoms with Gasteiger partial charge in [0.1, 0.15) is 0 Å². The fourth-order valence-corrected chi connectivity index (χ4v) is 2.40. The van der Waals surface area contributed by atoms with E-state index in [1.165, 1.54) is 29.8 Å². The van der Waals surface area contributed by atoms with E-state index in [-0.39, 0.29) is 0 Å². The highest BCUT2D eigenvalue weighted by Gasteiger charge is 2.18. The molecule has 0 bridgehead atoms. The number of aromatic nitrogens is 2. The molecule has 0 fully saturated rings. The molecule has 0 radical (unpaired) electrons. The third kappa shape index (κ3) is 3.36. The largest absolute Gasteiger partial charge is 0.370 e. The highest BCUT2D eigenvalue weighted by Crippen LogP contribution is 2.23. The molecule has 0 atom stereocenters. The molecule has 104 valence electrons. The van der Waals surface area contributed by atoms with Gasteiger partial charge in [0.2, 0.25) is 0 Å². The summed E-state index contributed by atoms with van der Waals surface area (Å²) in [5, 5.41) is 7.62. The first-order chi connectivity index (χ1) is 9.08. The summed E-state index contributed by atoms with van der Waals surface area (Å²) < 4.78 is 1.95. The van der Waals surface area contributed by atoms with E-state index in [4.69, 9.17) is 5.73 Å². The number of nitrogens with two attached hydrogens (primary N) is 1. The highest BCUT2D eigenvalue weighted by molar-refractivity contribution is 5.78. The first-order valence-corrected chi connectivity index (χ1v) is 6.79. The van der Waals surface area contributed by atoms with Crippen LogP contribution >= 0.6 is 0 Å². The molecule has 5 nitrogen and oxygen atoms in total. The van der Waals surface area contributed by atoms with Gasteiger partial charge in [-0.05, 0) is 38.2 Å². The van der Waals surface area contributed by atoms with E-state index in [0.717, 1.165) is 18.4 Å². The van der Waals surface area contributed by atoms with Crippen molar-refractivity contribution in [2.75, 3.05) is 6.54 Å². The molecule has 0 unspecified atom stereocenters. The SMILES string of the molecule is C=C(C)CNC(N)=NCc1c2c(nn1C)CCCC2. The van der Waals surface area contributed by atoms with Crippen molar-refractivity contribution in [1.82, 2.24) is 15.1 Å². The van der Waals surface area contributed by atoms with E-state index in [9.17, 15) is 0 Å². The number of rotatable bonds is 4.